The second-order valence-electron chi connectivity index (χ2n) is 8.66. The minimum absolute atomic E-state index is 0.263. The number of benzene rings is 1. The first-order valence-electron chi connectivity index (χ1n) is 12.0. The fourth-order valence-electron chi connectivity index (χ4n) is 4.29. The Balaban J connectivity index is 1.35. The number of aryl methyl sites for hydroxylation is 2. The van der Waals surface area contributed by atoms with Crippen LogP contribution >= 0.6 is 0 Å². The largest absolute Gasteiger partial charge is 0.493 e. The SMILES string of the molecule is COc1cc(CNCCCCCCCCn2c(=O)c3c(ncn3C)n(C)c2=O)cc(OC)c1OC. The molecule has 0 atom stereocenters. The quantitative estimate of drug-likeness (QED) is 0.349. The molecule has 0 radical (unpaired) electrons. The van der Waals surface area contributed by atoms with E-state index in [1.165, 1.54) is 9.13 Å². The summed E-state index contributed by atoms with van der Waals surface area (Å²) in [5.74, 6) is 1.91. The van der Waals surface area contributed by atoms with Crippen molar-refractivity contribution in [2.45, 2.75) is 51.6 Å². The van der Waals surface area contributed by atoms with Crippen molar-refractivity contribution in [3.63, 3.8) is 0 Å². The van der Waals surface area contributed by atoms with Crippen molar-refractivity contribution in [1.29, 1.82) is 0 Å². The zero-order chi connectivity index (χ0) is 25.4. The van der Waals surface area contributed by atoms with Crippen LogP contribution in [0.1, 0.15) is 44.1 Å². The van der Waals surface area contributed by atoms with E-state index in [0.29, 0.717) is 35.0 Å². The van der Waals surface area contributed by atoms with Gasteiger partial charge in [0.2, 0.25) is 5.75 Å². The molecule has 0 spiro atoms. The molecule has 0 bridgehead atoms. The van der Waals surface area contributed by atoms with Gasteiger partial charge in [-0.3, -0.25) is 13.9 Å². The van der Waals surface area contributed by atoms with Crippen molar-refractivity contribution in [2.75, 3.05) is 27.9 Å². The average molecular weight is 488 g/mol. The third-order valence-corrected chi connectivity index (χ3v) is 6.24. The smallest absolute Gasteiger partial charge is 0.332 e. The van der Waals surface area contributed by atoms with Crippen LogP contribution in [0.25, 0.3) is 11.2 Å². The van der Waals surface area contributed by atoms with Crippen LogP contribution in [0.3, 0.4) is 0 Å². The minimum Gasteiger partial charge on any atom is -0.493 e. The number of ether oxygens (including phenoxy) is 3. The van der Waals surface area contributed by atoms with Gasteiger partial charge in [0.05, 0.1) is 27.7 Å². The van der Waals surface area contributed by atoms with Gasteiger partial charge in [-0.2, -0.15) is 0 Å². The highest BCUT2D eigenvalue weighted by molar-refractivity contribution is 5.69. The standard InChI is InChI=1S/C25H37N5O5/c1-28-17-27-23-21(28)24(31)30(25(32)29(23)2)13-11-9-7-6-8-10-12-26-16-18-14-19(33-3)22(35-5)20(15-18)34-4/h14-15,17,26H,6-13,16H2,1-5H3. The van der Waals surface area contributed by atoms with Gasteiger partial charge in [-0.15, -0.1) is 0 Å². The zero-order valence-electron chi connectivity index (χ0n) is 21.4. The summed E-state index contributed by atoms with van der Waals surface area (Å²) in [4.78, 5) is 29.4. The Hall–Kier alpha value is -3.27. The summed E-state index contributed by atoms with van der Waals surface area (Å²) < 4.78 is 20.6. The Morgan fingerprint density at radius 3 is 2.14 bits per heavy atom. The first-order valence-corrected chi connectivity index (χ1v) is 12.0. The molecule has 10 nitrogen and oxygen atoms in total. The molecule has 35 heavy (non-hydrogen) atoms. The average Bonchev–Trinajstić information content (AvgIpc) is 3.26. The predicted molar refractivity (Wildman–Crippen MR) is 136 cm³/mol. The summed E-state index contributed by atoms with van der Waals surface area (Å²) >= 11 is 0. The molecule has 0 saturated carbocycles. The van der Waals surface area contributed by atoms with E-state index in [4.69, 9.17) is 14.2 Å². The molecule has 2 heterocycles. The lowest BCUT2D eigenvalue weighted by molar-refractivity contribution is 0.323. The Labute approximate surface area is 205 Å². The number of aromatic nitrogens is 4. The van der Waals surface area contributed by atoms with Crippen LogP contribution < -0.4 is 30.8 Å². The molecule has 0 aliphatic heterocycles. The number of imidazole rings is 1. The molecule has 0 saturated heterocycles. The predicted octanol–water partition coefficient (Wildman–Crippen LogP) is 2.59. The number of rotatable bonds is 14. The molecule has 3 aromatic rings. The van der Waals surface area contributed by atoms with Gasteiger partial charge >= 0.3 is 5.69 Å². The molecule has 0 aliphatic rings. The third-order valence-electron chi connectivity index (χ3n) is 6.24. The summed E-state index contributed by atoms with van der Waals surface area (Å²) in [5, 5.41) is 3.47. The Morgan fingerprint density at radius 2 is 1.51 bits per heavy atom. The lowest BCUT2D eigenvalue weighted by Crippen LogP contribution is -2.39. The summed E-state index contributed by atoms with van der Waals surface area (Å²) in [6.45, 7) is 2.08. The van der Waals surface area contributed by atoms with Gasteiger partial charge < -0.3 is 24.1 Å². The van der Waals surface area contributed by atoms with Gasteiger partial charge in [0.1, 0.15) is 0 Å². The van der Waals surface area contributed by atoms with Crippen LogP contribution in [-0.2, 0) is 27.2 Å². The lowest BCUT2D eigenvalue weighted by Gasteiger charge is -2.14. The second-order valence-corrected chi connectivity index (χ2v) is 8.66. The molecule has 3 rings (SSSR count). The summed E-state index contributed by atoms with van der Waals surface area (Å²) in [6.07, 6.45) is 7.77. The lowest BCUT2D eigenvalue weighted by atomic mass is 10.1. The number of methoxy groups -OCH3 is 3. The second kappa shape index (κ2) is 12.4. The molecule has 1 aromatic carbocycles. The Kier molecular flexibility index (Phi) is 9.36. The van der Waals surface area contributed by atoms with E-state index in [2.05, 4.69) is 10.3 Å². The summed E-state index contributed by atoms with van der Waals surface area (Å²) in [5.41, 5.74) is 1.40. The van der Waals surface area contributed by atoms with Crippen molar-refractivity contribution in [2.24, 2.45) is 14.1 Å². The Bertz CT molecular complexity index is 1220. The molecular formula is C25H37N5O5. The first kappa shape index (κ1) is 26.3. The highest BCUT2D eigenvalue weighted by atomic mass is 16.5. The highest BCUT2D eigenvalue weighted by Gasteiger charge is 2.15. The molecule has 10 heteroatoms. The molecule has 0 unspecified atom stereocenters. The Morgan fingerprint density at radius 1 is 0.886 bits per heavy atom. The minimum atomic E-state index is -0.306. The first-order chi connectivity index (χ1) is 16.9. The van der Waals surface area contributed by atoms with Gasteiger partial charge in [-0.1, -0.05) is 25.7 Å². The number of unbranched alkanes of at least 4 members (excludes halogenated alkanes) is 5. The van der Waals surface area contributed by atoms with Crippen molar-refractivity contribution in [1.82, 2.24) is 24.0 Å². The van der Waals surface area contributed by atoms with E-state index in [-0.39, 0.29) is 11.2 Å². The van der Waals surface area contributed by atoms with Crippen LogP contribution in [0.2, 0.25) is 0 Å². The molecule has 2 aromatic heterocycles. The van der Waals surface area contributed by atoms with Crippen LogP contribution in [0.15, 0.2) is 28.0 Å². The molecule has 192 valence electrons. The number of nitrogens with zero attached hydrogens (tertiary/aromatic N) is 4. The molecule has 0 fully saturated rings. The fraction of sp³-hybridized carbons (Fsp3) is 0.560. The summed E-state index contributed by atoms with van der Waals surface area (Å²) in [7, 11) is 8.26. The monoisotopic (exact) mass is 487 g/mol. The van der Waals surface area contributed by atoms with E-state index in [0.717, 1.165) is 57.2 Å². The van der Waals surface area contributed by atoms with E-state index < -0.39 is 0 Å². The number of nitrogens with one attached hydrogen (secondary N) is 1. The van der Waals surface area contributed by atoms with E-state index in [1.54, 1.807) is 46.3 Å². The van der Waals surface area contributed by atoms with Crippen molar-refractivity contribution >= 4 is 11.2 Å². The highest BCUT2D eigenvalue weighted by Crippen LogP contribution is 2.38. The van der Waals surface area contributed by atoms with Gasteiger partial charge in [-0.25, -0.2) is 9.78 Å². The van der Waals surface area contributed by atoms with Crippen LogP contribution in [-0.4, -0.2) is 46.6 Å². The number of hydrogen-bond acceptors (Lipinski definition) is 7. The zero-order valence-corrected chi connectivity index (χ0v) is 21.4. The summed E-state index contributed by atoms with van der Waals surface area (Å²) in [6, 6.07) is 3.91. The number of hydrogen-bond donors (Lipinski definition) is 1. The van der Waals surface area contributed by atoms with Crippen LogP contribution in [0.5, 0.6) is 17.2 Å². The van der Waals surface area contributed by atoms with Crippen LogP contribution in [0.4, 0.5) is 0 Å². The molecule has 0 aliphatic carbocycles. The topological polar surface area (TPSA) is 102 Å². The third kappa shape index (κ3) is 6.05. The molecular weight excluding hydrogens is 450 g/mol. The van der Waals surface area contributed by atoms with E-state index in [9.17, 15) is 9.59 Å². The maximum absolute atomic E-state index is 12.7. The number of fused-ring (bicyclic) bond motifs is 1. The van der Waals surface area contributed by atoms with Crippen molar-refractivity contribution in [3.8, 4) is 17.2 Å². The maximum Gasteiger partial charge on any atom is 0.332 e. The molecule has 1 N–H and O–H groups in total. The maximum atomic E-state index is 12.7. The normalized spacial score (nSPS) is 11.2. The van der Waals surface area contributed by atoms with Gasteiger partial charge in [0.25, 0.3) is 5.56 Å². The van der Waals surface area contributed by atoms with Crippen molar-refractivity contribution < 1.29 is 14.2 Å². The molecule has 0 amide bonds. The van der Waals surface area contributed by atoms with E-state index >= 15 is 0 Å². The van der Waals surface area contributed by atoms with Crippen molar-refractivity contribution in [3.05, 3.63) is 44.9 Å². The van der Waals surface area contributed by atoms with Gasteiger partial charge in [0.15, 0.2) is 22.7 Å². The van der Waals surface area contributed by atoms with Gasteiger partial charge in [-0.05, 0) is 37.1 Å². The fourth-order valence-corrected chi connectivity index (χ4v) is 4.29. The van der Waals surface area contributed by atoms with Gasteiger partial charge in [0, 0.05) is 27.2 Å². The van der Waals surface area contributed by atoms with Crippen LogP contribution in [0, 0.1) is 0 Å². The van der Waals surface area contributed by atoms with E-state index in [1.807, 2.05) is 12.1 Å².